The number of hydrogen-bond donors (Lipinski definition) is 0. The van der Waals surface area contributed by atoms with Crippen LogP contribution in [0.2, 0.25) is 5.02 Å². The molecule has 0 aliphatic rings. The van der Waals surface area contributed by atoms with E-state index >= 15 is 0 Å². The third-order valence-electron chi connectivity index (χ3n) is 2.01. The summed E-state index contributed by atoms with van der Waals surface area (Å²) in [6, 6.07) is 5.14. The van der Waals surface area contributed by atoms with Crippen molar-refractivity contribution in [3.05, 3.63) is 47.5 Å². The highest BCUT2D eigenvalue weighted by Crippen LogP contribution is 2.23. The Morgan fingerprint density at radius 1 is 1.20 bits per heavy atom. The van der Waals surface area contributed by atoms with Crippen LogP contribution in [0.1, 0.15) is 10.4 Å². The lowest BCUT2D eigenvalue weighted by Crippen LogP contribution is -1.89. The van der Waals surface area contributed by atoms with Crippen molar-refractivity contribution in [2.75, 3.05) is 0 Å². The maximum absolute atomic E-state index is 10.9. The fourth-order valence-electron chi connectivity index (χ4n) is 1.33. The van der Waals surface area contributed by atoms with Crippen molar-refractivity contribution in [1.29, 1.82) is 0 Å². The van der Waals surface area contributed by atoms with Crippen LogP contribution in [0, 0.1) is 0 Å². The van der Waals surface area contributed by atoms with Crippen molar-refractivity contribution in [2.24, 2.45) is 0 Å². The van der Waals surface area contributed by atoms with Gasteiger partial charge in [0.05, 0.1) is 0 Å². The molecule has 0 aliphatic carbocycles. The van der Waals surface area contributed by atoms with Gasteiger partial charge in [0, 0.05) is 28.5 Å². The van der Waals surface area contributed by atoms with E-state index in [2.05, 4.69) is 9.97 Å². The molecule has 1 aromatic carbocycles. The lowest BCUT2D eigenvalue weighted by Gasteiger charge is -2.03. The van der Waals surface area contributed by atoms with E-state index in [1.54, 1.807) is 30.6 Å². The van der Waals surface area contributed by atoms with Crippen LogP contribution < -0.4 is 0 Å². The molecule has 2 aromatic rings. The summed E-state index contributed by atoms with van der Waals surface area (Å²) in [6.07, 6.45) is 5.53. The van der Waals surface area contributed by atoms with Gasteiger partial charge >= 0.3 is 0 Å². The minimum Gasteiger partial charge on any atom is -0.298 e. The molecule has 0 spiro atoms. The summed E-state index contributed by atoms with van der Waals surface area (Å²) < 4.78 is 0. The first-order valence-electron chi connectivity index (χ1n) is 4.31. The molecule has 3 nitrogen and oxygen atoms in total. The van der Waals surface area contributed by atoms with E-state index in [9.17, 15) is 4.79 Å². The normalized spacial score (nSPS) is 9.93. The second-order valence-electron chi connectivity index (χ2n) is 2.98. The fourth-order valence-corrected chi connectivity index (χ4v) is 1.51. The fraction of sp³-hybridized carbons (Fsp3) is 0. The Labute approximate surface area is 91.8 Å². The number of hydrogen-bond acceptors (Lipinski definition) is 3. The third-order valence-corrected chi connectivity index (χ3v) is 2.25. The molecule has 0 atom stereocenters. The first-order chi connectivity index (χ1) is 7.31. The maximum atomic E-state index is 10.9. The van der Waals surface area contributed by atoms with Gasteiger partial charge in [-0.3, -0.25) is 4.79 Å². The lowest BCUT2D eigenvalue weighted by molar-refractivity contribution is 0.112. The topological polar surface area (TPSA) is 42.9 Å². The van der Waals surface area contributed by atoms with Crippen LogP contribution in [0.3, 0.4) is 0 Å². The van der Waals surface area contributed by atoms with Gasteiger partial charge in [-0.1, -0.05) is 17.7 Å². The molecule has 0 unspecified atom stereocenters. The highest BCUT2D eigenvalue weighted by Gasteiger charge is 2.05. The molecule has 1 aromatic heterocycles. The average molecular weight is 219 g/mol. The van der Waals surface area contributed by atoms with E-state index in [0.29, 0.717) is 10.6 Å². The largest absolute Gasteiger partial charge is 0.298 e. The van der Waals surface area contributed by atoms with Gasteiger partial charge in [0.2, 0.25) is 0 Å². The molecule has 74 valence electrons. The highest BCUT2D eigenvalue weighted by atomic mass is 35.5. The van der Waals surface area contributed by atoms with E-state index in [1.165, 1.54) is 6.33 Å². The quantitative estimate of drug-likeness (QED) is 0.728. The van der Waals surface area contributed by atoms with Gasteiger partial charge < -0.3 is 0 Å². The second kappa shape index (κ2) is 4.19. The van der Waals surface area contributed by atoms with Crippen LogP contribution >= 0.6 is 11.6 Å². The van der Waals surface area contributed by atoms with Gasteiger partial charge in [-0.2, -0.15) is 0 Å². The van der Waals surface area contributed by atoms with Crippen LogP contribution in [0.25, 0.3) is 11.1 Å². The zero-order valence-electron chi connectivity index (χ0n) is 7.72. The Bertz CT molecular complexity index is 485. The summed E-state index contributed by atoms with van der Waals surface area (Å²) in [5.74, 6) is 0. The first kappa shape index (κ1) is 9.80. The van der Waals surface area contributed by atoms with Crippen molar-refractivity contribution in [2.45, 2.75) is 0 Å². The Balaban J connectivity index is 2.58. The lowest BCUT2D eigenvalue weighted by atomic mass is 10.0. The van der Waals surface area contributed by atoms with Crippen molar-refractivity contribution in [3.8, 4) is 11.1 Å². The van der Waals surface area contributed by atoms with Crippen molar-refractivity contribution in [3.63, 3.8) is 0 Å². The van der Waals surface area contributed by atoms with Crippen LogP contribution in [0.5, 0.6) is 0 Å². The number of halogens is 1. The zero-order valence-corrected chi connectivity index (χ0v) is 8.48. The van der Waals surface area contributed by atoms with Crippen LogP contribution in [-0.2, 0) is 0 Å². The number of rotatable bonds is 2. The summed E-state index contributed by atoms with van der Waals surface area (Å²) in [6.45, 7) is 0. The molecule has 2 rings (SSSR count). The van der Waals surface area contributed by atoms with Crippen LogP contribution in [0.4, 0.5) is 0 Å². The van der Waals surface area contributed by atoms with E-state index < -0.39 is 0 Å². The molecule has 0 fully saturated rings. The maximum Gasteiger partial charge on any atom is 0.150 e. The van der Waals surface area contributed by atoms with Gasteiger partial charge in [0.15, 0.2) is 6.29 Å². The Morgan fingerprint density at radius 3 is 2.60 bits per heavy atom. The number of nitrogens with zero attached hydrogens (tertiary/aromatic N) is 2. The summed E-state index contributed by atoms with van der Waals surface area (Å²) in [7, 11) is 0. The van der Waals surface area contributed by atoms with Gasteiger partial charge in [-0.05, 0) is 17.7 Å². The van der Waals surface area contributed by atoms with E-state index in [1.807, 2.05) is 0 Å². The predicted octanol–water partition coefficient (Wildman–Crippen LogP) is 2.61. The Kier molecular flexibility index (Phi) is 2.74. The summed E-state index contributed by atoms with van der Waals surface area (Å²) in [5, 5.41) is 0.540. The summed E-state index contributed by atoms with van der Waals surface area (Å²) in [5.41, 5.74) is 2.13. The average Bonchev–Trinajstić information content (AvgIpc) is 2.30. The van der Waals surface area contributed by atoms with Crippen LogP contribution in [-0.4, -0.2) is 16.3 Å². The number of carbonyl (C=O) groups is 1. The predicted molar refractivity (Wildman–Crippen MR) is 57.9 cm³/mol. The number of benzene rings is 1. The van der Waals surface area contributed by atoms with E-state index in [-0.39, 0.29) is 0 Å². The van der Waals surface area contributed by atoms with E-state index in [4.69, 9.17) is 11.6 Å². The highest BCUT2D eigenvalue weighted by molar-refractivity contribution is 6.31. The number of aldehydes is 1. The SMILES string of the molecule is O=Cc1cc(Cl)ccc1-c1cncnc1. The second-order valence-corrected chi connectivity index (χ2v) is 3.41. The molecule has 4 heteroatoms. The Morgan fingerprint density at radius 2 is 1.93 bits per heavy atom. The summed E-state index contributed by atoms with van der Waals surface area (Å²) in [4.78, 5) is 18.7. The van der Waals surface area contributed by atoms with Gasteiger partial charge in [-0.25, -0.2) is 9.97 Å². The molecule has 15 heavy (non-hydrogen) atoms. The van der Waals surface area contributed by atoms with Crippen molar-refractivity contribution in [1.82, 2.24) is 9.97 Å². The van der Waals surface area contributed by atoms with Crippen molar-refractivity contribution < 1.29 is 4.79 Å². The van der Waals surface area contributed by atoms with Crippen LogP contribution in [0.15, 0.2) is 36.9 Å². The molecule has 0 saturated carbocycles. The summed E-state index contributed by atoms with van der Waals surface area (Å²) >= 11 is 5.79. The molecule has 0 amide bonds. The molecule has 0 bridgehead atoms. The molecular formula is C11H7ClN2O. The molecule has 0 saturated heterocycles. The first-order valence-corrected chi connectivity index (χ1v) is 4.69. The standard InChI is InChI=1S/C11H7ClN2O/c12-10-1-2-11(8(3-10)6-15)9-4-13-7-14-5-9/h1-7H. The number of carbonyl (C=O) groups excluding carboxylic acids is 1. The molecular weight excluding hydrogens is 212 g/mol. The van der Waals surface area contributed by atoms with Crippen molar-refractivity contribution >= 4 is 17.9 Å². The monoisotopic (exact) mass is 218 g/mol. The van der Waals surface area contributed by atoms with Gasteiger partial charge in [0.25, 0.3) is 0 Å². The van der Waals surface area contributed by atoms with Gasteiger partial charge in [0.1, 0.15) is 6.33 Å². The Hall–Kier alpha value is -1.74. The molecule has 0 radical (unpaired) electrons. The zero-order chi connectivity index (χ0) is 10.7. The van der Waals surface area contributed by atoms with E-state index in [0.717, 1.165) is 17.4 Å². The molecule has 0 aliphatic heterocycles. The van der Waals surface area contributed by atoms with Gasteiger partial charge in [-0.15, -0.1) is 0 Å². The third kappa shape index (κ3) is 2.02. The smallest absolute Gasteiger partial charge is 0.150 e. The number of aromatic nitrogens is 2. The minimum atomic E-state index is 0.539. The molecule has 1 heterocycles. The minimum absolute atomic E-state index is 0.539. The molecule has 0 N–H and O–H groups in total.